The van der Waals surface area contributed by atoms with E-state index in [1.54, 1.807) is 0 Å². The molecule has 13 heavy (non-hydrogen) atoms. The van der Waals surface area contributed by atoms with Crippen molar-refractivity contribution in [3.8, 4) is 0 Å². The predicted molar refractivity (Wildman–Crippen MR) is 57.2 cm³/mol. The second kappa shape index (κ2) is 4.18. The lowest BCUT2D eigenvalue weighted by Crippen LogP contribution is -2.23. The summed E-state index contributed by atoms with van der Waals surface area (Å²) in [6.45, 7) is 6.23. The van der Waals surface area contributed by atoms with Gasteiger partial charge < -0.3 is 4.90 Å². The van der Waals surface area contributed by atoms with Crippen LogP contribution >= 0.6 is 11.6 Å². The summed E-state index contributed by atoms with van der Waals surface area (Å²) in [5, 5.41) is 0.475. The molecule has 0 spiro atoms. The highest BCUT2D eigenvalue weighted by Gasteiger charge is 2.36. The SMILES string of the molecule is CCCN1CC2CCC(Cl)CC2C1. The van der Waals surface area contributed by atoms with Gasteiger partial charge in [-0.25, -0.2) is 0 Å². The Morgan fingerprint density at radius 3 is 2.77 bits per heavy atom. The van der Waals surface area contributed by atoms with Crippen LogP contribution in [-0.2, 0) is 0 Å². The summed E-state index contributed by atoms with van der Waals surface area (Å²) in [6, 6.07) is 0. The lowest BCUT2D eigenvalue weighted by molar-refractivity contribution is 0.304. The van der Waals surface area contributed by atoms with Crippen molar-refractivity contribution >= 4 is 11.6 Å². The first-order valence-corrected chi connectivity index (χ1v) is 6.09. The second-order valence-electron chi connectivity index (χ2n) is 4.69. The van der Waals surface area contributed by atoms with Gasteiger partial charge in [0.1, 0.15) is 0 Å². The van der Waals surface area contributed by atoms with E-state index < -0.39 is 0 Å². The number of nitrogens with zero attached hydrogens (tertiary/aromatic N) is 1. The summed E-state index contributed by atoms with van der Waals surface area (Å²) in [4.78, 5) is 2.63. The molecule has 3 unspecified atom stereocenters. The summed E-state index contributed by atoms with van der Waals surface area (Å²) in [6.07, 6.45) is 5.19. The summed E-state index contributed by atoms with van der Waals surface area (Å²) >= 11 is 6.19. The normalized spacial score (nSPS) is 40.6. The van der Waals surface area contributed by atoms with E-state index in [1.165, 1.54) is 45.3 Å². The molecule has 0 aromatic heterocycles. The molecule has 1 heterocycles. The van der Waals surface area contributed by atoms with Crippen molar-refractivity contribution in [1.82, 2.24) is 4.90 Å². The van der Waals surface area contributed by atoms with Crippen molar-refractivity contribution in [2.75, 3.05) is 19.6 Å². The van der Waals surface area contributed by atoms with E-state index >= 15 is 0 Å². The third-order valence-corrected chi connectivity index (χ3v) is 4.00. The molecule has 2 rings (SSSR count). The Kier molecular flexibility index (Phi) is 3.15. The summed E-state index contributed by atoms with van der Waals surface area (Å²) in [7, 11) is 0. The molecule has 1 saturated carbocycles. The number of hydrogen-bond acceptors (Lipinski definition) is 1. The molecule has 2 fully saturated rings. The molecular formula is C11H20ClN. The lowest BCUT2D eigenvalue weighted by Gasteiger charge is -2.27. The van der Waals surface area contributed by atoms with Crippen molar-refractivity contribution < 1.29 is 0 Å². The van der Waals surface area contributed by atoms with Gasteiger partial charge in [0.05, 0.1) is 0 Å². The fourth-order valence-corrected chi connectivity index (χ4v) is 3.32. The summed E-state index contributed by atoms with van der Waals surface area (Å²) in [5.74, 6) is 1.89. The minimum Gasteiger partial charge on any atom is -0.303 e. The van der Waals surface area contributed by atoms with Gasteiger partial charge in [-0.2, -0.15) is 0 Å². The molecule has 1 aliphatic carbocycles. The highest BCUT2D eigenvalue weighted by molar-refractivity contribution is 6.20. The fraction of sp³-hybridized carbons (Fsp3) is 1.00. The van der Waals surface area contributed by atoms with Crippen LogP contribution in [0.15, 0.2) is 0 Å². The van der Waals surface area contributed by atoms with Crippen LogP contribution in [-0.4, -0.2) is 29.9 Å². The van der Waals surface area contributed by atoms with Gasteiger partial charge in [0.25, 0.3) is 0 Å². The molecule has 0 amide bonds. The molecule has 0 aromatic rings. The van der Waals surface area contributed by atoms with Crippen molar-refractivity contribution in [3.05, 3.63) is 0 Å². The molecule has 2 aliphatic rings. The maximum atomic E-state index is 6.19. The standard InChI is InChI=1S/C11H20ClN/c1-2-5-13-7-9-3-4-11(12)6-10(9)8-13/h9-11H,2-8H2,1H3. The monoisotopic (exact) mass is 201 g/mol. The number of alkyl halides is 1. The second-order valence-corrected chi connectivity index (χ2v) is 5.31. The predicted octanol–water partition coefficient (Wildman–Crippen LogP) is 2.74. The van der Waals surface area contributed by atoms with Crippen LogP contribution in [0.1, 0.15) is 32.6 Å². The summed E-state index contributed by atoms with van der Waals surface area (Å²) < 4.78 is 0. The van der Waals surface area contributed by atoms with Gasteiger partial charge in [-0.15, -0.1) is 11.6 Å². The van der Waals surface area contributed by atoms with Crippen molar-refractivity contribution in [2.45, 2.75) is 38.0 Å². The van der Waals surface area contributed by atoms with Gasteiger partial charge in [-0.1, -0.05) is 6.92 Å². The Morgan fingerprint density at radius 1 is 1.23 bits per heavy atom. The summed E-state index contributed by atoms with van der Waals surface area (Å²) in [5.41, 5.74) is 0. The average molecular weight is 202 g/mol. The zero-order valence-corrected chi connectivity index (χ0v) is 9.26. The highest BCUT2D eigenvalue weighted by atomic mass is 35.5. The van der Waals surface area contributed by atoms with E-state index in [0.717, 1.165) is 11.8 Å². The van der Waals surface area contributed by atoms with Crippen LogP contribution in [0, 0.1) is 11.8 Å². The van der Waals surface area contributed by atoms with E-state index in [4.69, 9.17) is 11.6 Å². The first kappa shape index (κ1) is 9.79. The van der Waals surface area contributed by atoms with Gasteiger partial charge in [-0.3, -0.25) is 0 Å². The van der Waals surface area contributed by atoms with Crippen LogP contribution < -0.4 is 0 Å². The largest absolute Gasteiger partial charge is 0.303 e. The Bertz CT molecular complexity index is 171. The van der Waals surface area contributed by atoms with Crippen LogP contribution in [0.3, 0.4) is 0 Å². The highest BCUT2D eigenvalue weighted by Crippen LogP contribution is 2.37. The maximum absolute atomic E-state index is 6.19. The van der Waals surface area contributed by atoms with E-state index in [2.05, 4.69) is 11.8 Å². The van der Waals surface area contributed by atoms with Gasteiger partial charge in [0.2, 0.25) is 0 Å². The molecule has 1 saturated heterocycles. The molecule has 0 N–H and O–H groups in total. The lowest BCUT2D eigenvalue weighted by atomic mass is 9.82. The van der Waals surface area contributed by atoms with E-state index in [-0.39, 0.29) is 0 Å². The first-order chi connectivity index (χ1) is 6.29. The molecule has 0 radical (unpaired) electrons. The maximum Gasteiger partial charge on any atom is 0.0339 e. The van der Waals surface area contributed by atoms with Crippen molar-refractivity contribution in [3.63, 3.8) is 0 Å². The number of halogens is 1. The minimum absolute atomic E-state index is 0.475. The topological polar surface area (TPSA) is 3.24 Å². The fourth-order valence-electron chi connectivity index (χ4n) is 2.97. The molecule has 76 valence electrons. The number of likely N-dealkylation sites (tertiary alicyclic amines) is 1. The quantitative estimate of drug-likeness (QED) is 0.622. The van der Waals surface area contributed by atoms with Crippen molar-refractivity contribution in [1.29, 1.82) is 0 Å². The van der Waals surface area contributed by atoms with E-state index in [1.807, 2.05) is 0 Å². The molecular weight excluding hydrogens is 182 g/mol. The Hall–Kier alpha value is 0.250. The molecule has 0 bridgehead atoms. The molecule has 3 atom stereocenters. The van der Waals surface area contributed by atoms with Gasteiger partial charge >= 0.3 is 0 Å². The zero-order chi connectivity index (χ0) is 9.26. The van der Waals surface area contributed by atoms with Crippen LogP contribution in [0.4, 0.5) is 0 Å². The Labute approximate surface area is 86.4 Å². The third kappa shape index (κ3) is 2.19. The molecule has 2 heteroatoms. The van der Waals surface area contributed by atoms with Gasteiger partial charge in [0, 0.05) is 18.5 Å². The average Bonchev–Trinajstić information content (AvgIpc) is 2.46. The number of fused-ring (bicyclic) bond motifs is 1. The first-order valence-electron chi connectivity index (χ1n) is 5.66. The van der Waals surface area contributed by atoms with Crippen LogP contribution in [0.2, 0.25) is 0 Å². The molecule has 1 nitrogen and oxygen atoms in total. The van der Waals surface area contributed by atoms with Crippen LogP contribution in [0.5, 0.6) is 0 Å². The minimum atomic E-state index is 0.475. The van der Waals surface area contributed by atoms with Crippen LogP contribution in [0.25, 0.3) is 0 Å². The van der Waals surface area contributed by atoms with E-state index in [0.29, 0.717) is 5.38 Å². The Morgan fingerprint density at radius 2 is 2.00 bits per heavy atom. The zero-order valence-electron chi connectivity index (χ0n) is 8.51. The Balaban J connectivity index is 1.87. The third-order valence-electron chi connectivity index (χ3n) is 3.60. The molecule has 0 aromatic carbocycles. The smallest absolute Gasteiger partial charge is 0.0339 e. The van der Waals surface area contributed by atoms with Gasteiger partial charge in [-0.05, 0) is 44.1 Å². The molecule has 1 aliphatic heterocycles. The van der Waals surface area contributed by atoms with Gasteiger partial charge in [0.15, 0.2) is 0 Å². The number of hydrogen-bond donors (Lipinski definition) is 0. The van der Waals surface area contributed by atoms with Crippen molar-refractivity contribution in [2.24, 2.45) is 11.8 Å². The number of rotatable bonds is 2. The van der Waals surface area contributed by atoms with E-state index in [9.17, 15) is 0 Å².